The maximum atomic E-state index is 9.65. The van der Waals surface area contributed by atoms with Crippen molar-refractivity contribution < 1.29 is 5.11 Å². The fraction of sp³-hybridized carbons (Fsp3) is 0.538. The fourth-order valence-corrected chi connectivity index (χ4v) is 2.13. The summed E-state index contributed by atoms with van der Waals surface area (Å²) in [5, 5.41) is 13.2. The number of benzene rings is 1. The Hall–Kier alpha value is -1.02. The van der Waals surface area contributed by atoms with E-state index in [0.29, 0.717) is 11.8 Å². The number of piperidine rings is 1. The highest BCUT2D eigenvalue weighted by Gasteiger charge is 2.19. The van der Waals surface area contributed by atoms with E-state index in [-0.39, 0.29) is 0 Å². The van der Waals surface area contributed by atoms with E-state index in [9.17, 15) is 5.11 Å². The first-order valence-corrected chi connectivity index (χ1v) is 5.69. The van der Waals surface area contributed by atoms with Gasteiger partial charge >= 0.3 is 0 Å². The van der Waals surface area contributed by atoms with Crippen LogP contribution in [0.15, 0.2) is 18.2 Å². The van der Waals surface area contributed by atoms with Gasteiger partial charge in [-0.15, -0.1) is 0 Å². The summed E-state index contributed by atoms with van der Waals surface area (Å²) in [4.78, 5) is 0. The Morgan fingerprint density at radius 1 is 1.33 bits per heavy atom. The lowest BCUT2D eigenvalue weighted by Gasteiger charge is -2.28. The van der Waals surface area contributed by atoms with Gasteiger partial charge in [0.05, 0.1) is 0 Å². The third-order valence-corrected chi connectivity index (χ3v) is 3.30. The van der Waals surface area contributed by atoms with E-state index in [1.165, 1.54) is 18.4 Å². The molecule has 0 radical (unpaired) electrons. The highest BCUT2D eigenvalue weighted by Crippen LogP contribution is 2.28. The molecule has 1 aromatic rings. The van der Waals surface area contributed by atoms with Crippen molar-refractivity contribution in [1.29, 1.82) is 0 Å². The molecule has 82 valence electrons. The summed E-state index contributed by atoms with van der Waals surface area (Å²) in [7, 11) is 0. The Bertz CT molecular complexity index is 340. The number of hydrogen-bond acceptors (Lipinski definition) is 2. The van der Waals surface area contributed by atoms with E-state index in [1.807, 2.05) is 19.1 Å². The lowest BCUT2D eigenvalue weighted by Crippen LogP contribution is -2.31. The van der Waals surface area contributed by atoms with Crippen LogP contribution in [0.1, 0.15) is 36.9 Å². The number of phenols is 1. The molecule has 1 aliphatic heterocycles. The smallest absolute Gasteiger partial charge is 0.118 e. The second kappa shape index (κ2) is 4.23. The molecule has 1 fully saturated rings. The quantitative estimate of drug-likeness (QED) is 0.739. The summed E-state index contributed by atoms with van der Waals surface area (Å²) in [5.74, 6) is 1.19. The van der Waals surface area contributed by atoms with Gasteiger partial charge < -0.3 is 10.4 Å². The van der Waals surface area contributed by atoms with Crippen LogP contribution in [0.5, 0.6) is 5.75 Å². The van der Waals surface area contributed by atoms with Gasteiger partial charge in [-0.05, 0) is 49.4 Å². The molecule has 0 bridgehead atoms. The first kappa shape index (κ1) is 10.5. The van der Waals surface area contributed by atoms with Crippen LogP contribution in [0.4, 0.5) is 0 Å². The van der Waals surface area contributed by atoms with Crippen LogP contribution in [0, 0.1) is 12.8 Å². The van der Waals surface area contributed by atoms with Crippen molar-refractivity contribution in [1.82, 2.24) is 5.32 Å². The summed E-state index contributed by atoms with van der Waals surface area (Å²) in [6.07, 6.45) is 2.44. The molecule has 1 aromatic carbocycles. The van der Waals surface area contributed by atoms with E-state index in [4.69, 9.17) is 0 Å². The van der Waals surface area contributed by atoms with Crippen LogP contribution >= 0.6 is 0 Å². The van der Waals surface area contributed by atoms with E-state index >= 15 is 0 Å². The van der Waals surface area contributed by atoms with Gasteiger partial charge in [-0.3, -0.25) is 0 Å². The van der Waals surface area contributed by atoms with Crippen molar-refractivity contribution in [2.75, 3.05) is 6.54 Å². The van der Waals surface area contributed by atoms with Gasteiger partial charge in [0, 0.05) is 6.04 Å². The Labute approximate surface area is 91.3 Å². The maximum absolute atomic E-state index is 9.65. The van der Waals surface area contributed by atoms with Gasteiger partial charge in [-0.1, -0.05) is 19.1 Å². The standard InChI is InChI=1S/C13H19NO/c1-9-3-6-12(14-8-9)11-5-4-10(2)13(15)7-11/h4-5,7,9,12,14-15H,3,6,8H2,1-2H3/t9-,12+/m1/s1. The zero-order valence-electron chi connectivity index (χ0n) is 9.46. The number of nitrogens with one attached hydrogen (secondary N) is 1. The molecule has 1 aliphatic rings. The van der Waals surface area contributed by atoms with Gasteiger partial charge in [0.2, 0.25) is 0 Å². The maximum Gasteiger partial charge on any atom is 0.118 e. The zero-order valence-corrected chi connectivity index (χ0v) is 9.46. The van der Waals surface area contributed by atoms with Gasteiger partial charge in [0.25, 0.3) is 0 Å². The molecule has 2 heteroatoms. The third-order valence-electron chi connectivity index (χ3n) is 3.30. The average molecular weight is 205 g/mol. The first-order valence-electron chi connectivity index (χ1n) is 5.69. The molecule has 0 spiro atoms. The van der Waals surface area contributed by atoms with Gasteiger partial charge in [-0.2, -0.15) is 0 Å². The molecule has 2 atom stereocenters. The minimum absolute atomic E-state index is 0.410. The number of rotatable bonds is 1. The van der Waals surface area contributed by atoms with Crippen molar-refractivity contribution in [2.45, 2.75) is 32.7 Å². The van der Waals surface area contributed by atoms with E-state index in [0.717, 1.165) is 18.0 Å². The van der Waals surface area contributed by atoms with E-state index in [1.54, 1.807) is 0 Å². The van der Waals surface area contributed by atoms with Crippen molar-refractivity contribution in [3.63, 3.8) is 0 Å². The van der Waals surface area contributed by atoms with Crippen LogP contribution in [0.2, 0.25) is 0 Å². The first-order chi connectivity index (χ1) is 7.16. The molecule has 2 nitrogen and oxygen atoms in total. The molecule has 1 heterocycles. The van der Waals surface area contributed by atoms with Crippen LogP contribution in [-0.4, -0.2) is 11.7 Å². The number of aromatic hydroxyl groups is 1. The van der Waals surface area contributed by atoms with Crippen molar-refractivity contribution in [3.8, 4) is 5.75 Å². The Kier molecular flexibility index (Phi) is 2.96. The van der Waals surface area contributed by atoms with Gasteiger partial charge in [0.15, 0.2) is 0 Å². The van der Waals surface area contributed by atoms with Crippen LogP contribution in [0.3, 0.4) is 0 Å². The van der Waals surface area contributed by atoms with Gasteiger partial charge in [-0.25, -0.2) is 0 Å². The number of phenolic OH excluding ortho intramolecular Hbond substituents is 1. The molecule has 2 rings (SSSR count). The Balaban J connectivity index is 2.12. The largest absolute Gasteiger partial charge is 0.508 e. The van der Waals surface area contributed by atoms with Crippen LogP contribution in [0.25, 0.3) is 0 Å². The van der Waals surface area contributed by atoms with Crippen molar-refractivity contribution in [2.24, 2.45) is 5.92 Å². The molecule has 0 aliphatic carbocycles. The summed E-state index contributed by atoms with van der Waals surface area (Å²) >= 11 is 0. The summed E-state index contributed by atoms with van der Waals surface area (Å²) < 4.78 is 0. The SMILES string of the molecule is Cc1ccc([C@@H]2CC[C@@H](C)CN2)cc1O. The normalized spacial score (nSPS) is 26.5. The molecule has 0 saturated carbocycles. The van der Waals surface area contributed by atoms with Gasteiger partial charge in [0.1, 0.15) is 5.75 Å². The van der Waals surface area contributed by atoms with E-state index < -0.39 is 0 Å². The molecule has 1 saturated heterocycles. The monoisotopic (exact) mass is 205 g/mol. The predicted octanol–water partition coefficient (Wildman–Crippen LogP) is 2.76. The number of aryl methyl sites for hydroxylation is 1. The Morgan fingerprint density at radius 3 is 2.73 bits per heavy atom. The molecule has 2 N–H and O–H groups in total. The Morgan fingerprint density at radius 2 is 2.13 bits per heavy atom. The lowest BCUT2D eigenvalue weighted by atomic mass is 9.91. The topological polar surface area (TPSA) is 32.3 Å². The molecular weight excluding hydrogens is 186 g/mol. The van der Waals surface area contributed by atoms with Crippen LogP contribution < -0.4 is 5.32 Å². The molecule has 15 heavy (non-hydrogen) atoms. The second-order valence-electron chi connectivity index (χ2n) is 4.69. The summed E-state index contributed by atoms with van der Waals surface area (Å²) in [6.45, 7) is 5.28. The minimum atomic E-state index is 0.410. The zero-order chi connectivity index (χ0) is 10.8. The van der Waals surface area contributed by atoms with Crippen molar-refractivity contribution >= 4 is 0 Å². The minimum Gasteiger partial charge on any atom is -0.508 e. The van der Waals surface area contributed by atoms with Crippen molar-refractivity contribution in [3.05, 3.63) is 29.3 Å². The predicted molar refractivity (Wildman–Crippen MR) is 62.0 cm³/mol. The fourth-order valence-electron chi connectivity index (χ4n) is 2.13. The second-order valence-corrected chi connectivity index (χ2v) is 4.69. The number of hydrogen-bond donors (Lipinski definition) is 2. The van der Waals surface area contributed by atoms with Crippen LogP contribution in [-0.2, 0) is 0 Å². The third kappa shape index (κ3) is 2.32. The highest BCUT2D eigenvalue weighted by atomic mass is 16.3. The molecule has 0 amide bonds. The summed E-state index contributed by atoms with van der Waals surface area (Å²) in [5.41, 5.74) is 2.16. The average Bonchev–Trinajstić information content (AvgIpc) is 2.23. The molecule has 0 unspecified atom stereocenters. The van der Waals surface area contributed by atoms with E-state index in [2.05, 4.69) is 18.3 Å². The molecule has 0 aromatic heterocycles. The highest BCUT2D eigenvalue weighted by molar-refractivity contribution is 5.36. The lowest BCUT2D eigenvalue weighted by molar-refractivity contribution is 0.332. The molecular formula is C13H19NO. The summed E-state index contributed by atoms with van der Waals surface area (Å²) in [6, 6.07) is 6.42.